The van der Waals surface area contributed by atoms with Gasteiger partial charge in [-0.1, -0.05) is 44.2 Å². The maximum Gasteiger partial charge on any atom is 0.408 e. The standard InChI is InChI=1S/C32H48N6O7/c1-20(2)17-22(27(40)34-19-26(33)39)35-28(41)24-13-9-15-37(24)30(43)25-14-10-16-38(25)29(42)23(18-21-11-7-6-8-12-21)36-31(44)45-32(3,4)5/h6-8,11-12,20,22-25H,9-10,13-19H2,1-5H3,(H2,33,39)(H,34,40)(H,35,41)(H,36,44)/t22-,23-,24-,25-/m0/s1. The Morgan fingerprint density at radius 1 is 0.911 bits per heavy atom. The van der Waals surface area contributed by atoms with Gasteiger partial charge in [0, 0.05) is 19.5 Å². The van der Waals surface area contributed by atoms with Crippen LogP contribution < -0.4 is 21.7 Å². The van der Waals surface area contributed by atoms with Crippen molar-refractivity contribution in [2.45, 2.75) is 103 Å². The fourth-order valence-corrected chi connectivity index (χ4v) is 5.75. The molecule has 0 aromatic heterocycles. The van der Waals surface area contributed by atoms with Crippen molar-refractivity contribution in [3.05, 3.63) is 35.9 Å². The molecule has 2 fully saturated rings. The van der Waals surface area contributed by atoms with Crippen LogP contribution in [0.25, 0.3) is 0 Å². The van der Waals surface area contributed by atoms with Crippen LogP contribution in [0.4, 0.5) is 4.79 Å². The number of benzene rings is 1. The smallest absolute Gasteiger partial charge is 0.408 e. The molecule has 13 heteroatoms. The average molecular weight is 629 g/mol. The molecule has 248 valence electrons. The summed E-state index contributed by atoms with van der Waals surface area (Å²) in [5, 5.41) is 7.92. The first-order valence-electron chi connectivity index (χ1n) is 15.7. The fourth-order valence-electron chi connectivity index (χ4n) is 5.75. The number of ether oxygens (including phenoxy) is 1. The van der Waals surface area contributed by atoms with E-state index in [9.17, 15) is 28.8 Å². The molecule has 4 atom stereocenters. The zero-order chi connectivity index (χ0) is 33.3. The molecule has 45 heavy (non-hydrogen) atoms. The molecule has 2 aliphatic rings. The second-order valence-electron chi connectivity index (χ2n) is 13.1. The maximum absolute atomic E-state index is 14.0. The molecule has 0 spiro atoms. The number of carbonyl (C=O) groups is 6. The minimum Gasteiger partial charge on any atom is -0.444 e. The zero-order valence-electron chi connectivity index (χ0n) is 27.0. The van der Waals surface area contributed by atoms with Gasteiger partial charge < -0.3 is 36.2 Å². The van der Waals surface area contributed by atoms with Crippen LogP contribution in [0, 0.1) is 5.92 Å². The van der Waals surface area contributed by atoms with Gasteiger partial charge in [0.25, 0.3) is 0 Å². The van der Waals surface area contributed by atoms with Crippen molar-refractivity contribution in [2.75, 3.05) is 19.6 Å². The van der Waals surface area contributed by atoms with Crippen molar-refractivity contribution >= 4 is 35.6 Å². The van der Waals surface area contributed by atoms with E-state index in [1.807, 2.05) is 44.2 Å². The van der Waals surface area contributed by atoms with Crippen LogP contribution >= 0.6 is 0 Å². The molecular weight excluding hydrogens is 580 g/mol. The summed E-state index contributed by atoms with van der Waals surface area (Å²) in [6.45, 7) is 9.32. The highest BCUT2D eigenvalue weighted by Crippen LogP contribution is 2.26. The summed E-state index contributed by atoms with van der Waals surface area (Å²) in [6.07, 6.45) is 1.82. The minimum absolute atomic E-state index is 0.0621. The second kappa shape index (κ2) is 15.7. The summed E-state index contributed by atoms with van der Waals surface area (Å²) >= 11 is 0. The first kappa shape index (κ1) is 35.3. The number of carbonyl (C=O) groups excluding carboxylic acids is 6. The summed E-state index contributed by atoms with van der Waals surface area (Å²) < 4.78 is 5.42. The first-order valence-corrected chi connectivity index (χ1v) is 15.7. The maximum atomic E-state index is 14.0. The lowest BCUT2D eigenvalue weighted by atomic mass is 10.0. The van der Waals surface area contributed by atoms with Gasteiger partial charge in [-0.15, -0.1) is 0 Å². The van der Waals surface area contributed by atoms with E-state index < -0.39 is 59.5 Å². The molecule has 2 aliphatic heterocycles. The highest BCUT2D eigenvalue weighted by molar-refractivity contribution is 5.96. The van der Waals surface area contributed by atoms with Gasteiger partial charge in [-0.25, -0.2) is 4.79 Å². The molecule has 2 heterocycles. The monoisotopic (exact) mass is 628 g/mol. The Bertz CT molecular complexity index is 1230. The zero-order valence-corrected chi connectivity index (χ0v) is 27.0. The lowest BCUT2D eigenvalue weighted by molar-refractivity contribution is -0.147. The van der Waals surface area contributed by atoms with Gasteiger partial charge in [-0.05, 0) is 64.4 Å². The van der Waals surface area contributed by atoms with Crippen LogP contribution in [-0.4, -0.2) is 94.8 Å². The third-order valence-corrected chi connectivity index (χ3v) is 7.71. The van der Waals surface area contributed by atoms with Crippen LogP contribution in [0.2, 0.25) is 0 Å². The molecular formula is C32H48N6O7. The van der Waals surface area contributed by atoms with Crippen molar-refractivity contribution in [3.63, 3.8) is 0 Å². The minimum atomic E-state index is -0.968. The number of primary amides is 1. The van der Waals surface area contributed by atoms with E-state index in [-0.39, 0.29) is 24.8 Å². The fraction of sp³-hybridized carbons (Fsp3) is 0.625. The molecule has 0 aliphatic carbocycles. The third-order valence-electron chi connectivity index (χ3n) is 7.71. The van der Waals surface area contributed by atoms with E-state index in [1.54, 1.807) is 20.8 Å². The Kier molecular flexibility index (Phi) is 12.3. The number of hydrogen-bond acceptors (Lipinski definition) is 7. The number of nitrogens with one attached hydrogen (secondary N) is 3. The molecule has 0 saturated carbocycles. The van der Waals surface area contributed by atoms with E-state index >= 15 is 0 Å². The van der Waals surface area contributed by atoms with E-state index in [4.69, 9.17) is 10.5 Å². The van der Waals surface area contributed by atoms with E-state index in [1.165, 1.54) is 9.80 Å². The predicted molar refractivity (Wildman–Crippen MR) is 166 cm³/mol. The molecule has 2 saturated heterocycles. The van der Waals surface area contributed by atoms with Crippen LogP contribution in [0.15, 0.2) is 30.3 Å². The van der Waals surface area contributed by atoms with E-state index in [2.05, 4.69) is 16.0 Å². The lowest BCUT2D eigenvalue weighted by Gasteiger charge is -2.33. The summed E-state index contributed by atoms with van der Waals surface area (Å²) in [6, 6.07) is 5.79. The summed E-state index contributed by atoms with van der Waals surface area (Å²) in [7, 11) is 0. The molecule has 5 N–H and O–H groups in total. The van der Waals surface area contributed by atoms with Crippen LogP contribution in [0.5, 0.6) is 0 Å². The van der Waals surface area contributed by atoms with Crippen molar-refractivity contribution in [3.8, 4) is 0 Å². The number of likely N-dealkylation sites (tertiary alicyclic amines) is 2. The number of rotatable bonds is 12. The number of alkyl carbamates (subject to hydrolysis) is 1. The highest BCUT2D eigenvalue weighted by atomic mass is 16.6. The third kappa shape index (κ3) is 10.5. The number of nitrogens with zero attached hydrogens (tertiary/aromatic N) is 2. The van der Waals surface area contributed by atoms with Gasteiger partial charge in [-0.3, -0.25) is 24.0 Å². The average Bonchev–Trinajstić information content (AvgIpc) is 3.64. The van der Waals surface area contributed by atoms with Gasteiger partial charge in [0.2, 0.25) is 29.5 Å². The van der Waals surface area contributed by atoms with Gasteiger partial charge >= 0.3 is 6.09 Å². The summed E-state index contributed by atoms with van der Waals surface area (Å²) in [5.74, 6) is -2.37. The highest BCUT2D eigenvalue weighted by Gasteiger charge is 2.44. The van der Waals surface area contributed by atoms with Crippen LogP contribution in [0.3, 0.4) is 0 Å². The molecule has 0 bridgehead atoms. The quantitative estimate of drug-likeness (QED) is 0.269. The first-order chi connectivity index (χ1) is 21.2. The Morgan fingerprint density at radius 2 is 1.53 bits per heavy atom. The second-order valence-corrected chi connectivity index (χ2v) is 13.1. The Labute approximate surface area is 265 Å². The van der Waals surface area contributed by atoms with Gasteiger partial charge in [0.05, 0.1) is 6.54 Å². The SMILES string of the molecule is CC(C)C[C@H](NC(=O)[C@@H]1CCCN1C(=O)[C@@H]1CCCN1C(=O)[C@H](Cc1ccccc1)NC(=O)OC(C)(C)C)C(=O)NCC(N)=O. The normalized spacial score (nSPS) is 19.5. The largest absolute Gasteiger partial charge is 0.444 e. The van der Waals surface area contributed by atoms with Crippen molar-refractivity contribution in [1.29, 1.82) is 0 Å². The van der Waals surface area contributed by atoms with Gasteiger partial charge in [-0.2, -0.15) is 0 Å². The van der Waals surface area contributed by atoms with Crippen molar-refractivity contribution in [1.82, 2.24) is 25.8 Å². The molecule has 1 aromatic rings. The molecule has 3 rings (SSSR count). The topological polar surface area (TPSA) is 180 Å². The predicted octanol–water partition coefficient (Wildman–Crippen LogP) is 1.24. The Morgan fingerprint density at radius 3 is 2.13 bits per heavy atom. The van der Waals surface area contributed by atoms with E-state index in [0.717, 1.165) is 5.56 Å². The molecule has 0 radical (unpaired) electrons. The van der Waals surface area contributed by atoms with Crippen LogP contribution in [0.1, 0.15) is 72.3 Å². The lowest BCUT2D eigenvalue weighted by Crippen LogP contribution is -2.58. The van der Waals surface area contributed by atoms with Gasteiger partial charge in [0.15, 0.2) is 0 Å². The van der Waals surface area contributed by atoms with Crippen molar-refractivity contribution < 1.29 is 33.5 Å². The molecule has 1 aromatic carbocycles. The van der Waals surface area contributed by atoms with E-state index in [0.29, 0.717) is 45.2 Å². The summed E-state index contributed by atoms with van der Waals surface area (Å²) in [5.41, 5.74) is 5.22. The van der Waals surface area contributed by atoms with Crippen LogP contribution in [-0.2, 0) is 35.1 Å². The molecule has 0 unspecified atom stereocenters. The molecule has 13 nitrogen and oxygen atoms in total. The van der Waals surface area contributed by atoms with Gasteiger partial charge in [0.1, 0.15) is 29.8 Å². The number of hydrogen-bond donors (Lipinski definition) is 4. The summed E-state index contributed by atoms with van der Waals surface area (Å²) in [4.78, 5) is 81.0. The Hall–Kier alpha value is -4.16. The molecule has 6 amide bonds. The number of nitrogens with two attached hydrogens (primary N) is 1. The van der Waals surface area contributed by atoms with Crippen molar-refractivity contribution in [2.24, 2.45) is 11.7 Å². The number of amides is 6. The Balaban J connectivity index is 1.75.